The predicted octanol–water partition coefficient (Wildman–Crippen LogP) is 4.87. The number of nitrogens with one attached hydrogen (secondary N) is 2. The number of aromatic nitrogens is 2. The lowest BCUT2D eigenvalue weighted by Gasteiger charge is -2.27. The standard InChI is InChI=1S/C27H28N4O/c1-17-13-23(14-18(2)29-17)20-7-8-24-19(3)26(30-25(24)16-20)21-5-4-6-22(15-21)27(32)31-11-9-28-10-12-31/h4-8,13-16,28,30H,9-12H2,1-3H3. The summed E-state index contributed by atoms with van der Waals surface area (Å²) < 4.78 is 0. The molecule has 32 heavy (non-hydrogen) atoms. The van der Waals surface area contributed by atoms with Crippen molar-refractivity contribution in [3.05, 3.63) is 77.1 Å². The van der Waals surface area contributed by atoms with E-state index < -0.39 is 0 Å². The molecule has 4 aromatic rings. The van der Waals surface area contributed by atoms with Crippen molar-refractivity contribution in [2.45, 2.75) is 20.8 Å². The smallest absolute Gasteiger partial charge is 0.253 e. The minimum Gasteiger partial charge on any atom is -0.354 e. The molecule has 1 amide bonds. The van der Waals surface area contributed by atoms with Crippen LogP contribution in [0.2, 0.25) is 0 Å². The van der Waals surface area contributed by atoms with Crippen LogP contribution in [0.15, 0.2) is 54.6 Å². The molecule has 5 heteroatoms. The van der Waals surface area contributed by atoms with Crippen LogP contribution in [0.4, 0.5) is 0 Å². The number of piperazine rings is 1. The molecule has 2 aromatic carbocycles. The summed E-state index contributed by atoms with van der Waals surface area (Å²) in [6.45, 7) is 9.41. The van der Waals surface area contributed by atoms with Gasteiger partial charge in [0.15, 0.2) is 0 Å². The van der Waals surface area contributed by atoms with Gasteiger partial charge in [0.05, 0.1) is 0 Å². The fraction of sp³-hybridized carbons (Fsp3) is 0.259. The van der Waals surface area contributed by atoms with Crippen molar-refractivity contribution < 1.29 is 4.79 Å². The highest BCUT2D eigenvalue weighted by molar-refractivity contribution is 5.97. The number of aromatic amines is 1. The van der Waals surface area contributed by atoms with Crippen LogP contribution in [0.25, 0.3) is 33.3 Å². The molecule has 0 spiro atoms. The average Bonchev–Trinajstić information content (AvgIpc) is 3.14. The number of rotatable bonds is 3. The lowest BCUT2D eigenvalue weighted by Crippen LogP contribution is -2.46. The van der Waals surface area contributed by atoms with Gasteiger partial charge in [-0.3, -0.25) is 9.78 Å². The highest BCUT2D eigenvalue weighted by Gasteiger charge is 2.19. The largest absolute Gasteiger partial charge is 0.354 e. The summed E-state index contributed by atoms with van der Waals surface area (Å²) in [7, 11) is 0. The molecule has 1 aliphatic heterocycles. The van der Waals surface area contributed by atoms with Crippen LogP contribution in [0.1, 0.15) is 27.3 Å². The van der Waals surface area contributed by atoms with Crippen LogP contribution in [0, 0.1) is 20.8 Å². The van der Waals surface area contributed by atoms with Gasteiger partial charge in [0.2, 0.25) is 0 Å². The first-order valence-corrected chi connectivity index (χ1v) is 11.2. The summed E-state index contributed by atoms with van der Waals surface area (Å²) in [5.74, 6) is 0.104. The first-order chi connectivity index (χ1) is 15.5. The number of pyridine rings is 1. The number of hydrogen-bond acceptors (Lipinski definition) is 3. The Kier molecular flexibility index (Phi) is 5.27. The van der Waals surface area contributed by atoms with Crippen molar-refractivity contribution in [2.24, 2.45) is 0 Å². The average molecular weight is 425 g/mol. The molecular formula is C27H28N4O. The molecule has 1 fully saturated rings. The van der Waals surface area contributed by atoms with Crippen LogP contribution in [-0.4, -0.2) is 47.0 Å². The number of benzene rings is 2. The van der Waals surface area contributed by atoms with Gasteiger partial charge in [0, 0.05) is 59.7 Å². The minimum absolute atomic E-state index is 0.104. The topological polar surface area (TPSA) is 61.0 Å². The van der Waals surface area contributed by atoms with E-state index in [4.69, 9.17) is 0 Å². The number of fused-ring (bicyclic) bond motifs is 1. The first-order valence-electron chi connectivity index (χ1n) is 11.2. The highest BCUT2D eigenvalue weighted by atomic mass is 16.2. The maximum Gasteiger partial charge on any atom is 0.253 e. The Morgan fingerprint density at radius 2 is 1.62 bits per heavy atom. The van der Waals surface area contributed by atoms with Crippen molar-refractivity contribution in [1.29, 1.82) is 0 Å². The second-order valence-electron chi connectivity index (χ2n) is 8.65. The van der Waals surface area contributed by atoms with Gasteiger partial charge in [0.25, 0.3) is 5.91 Å². The highest BCUT2D eigenvalue weighted by Crippen LogP contribution is 2.33. The van der Waals surface area contributed by atoms with E-state index in [1.807, 2.05) is 36.9 Å². The number of H-pyrrole nitrogens is 1. The Morgan fingerprint density at radius 1 is 0.875 bits per heavy atom. The van der Waals surface area contributed by atoms with Crippen LogP contribution in [0.5, 0.6) is 0 Å². The minimum atomic E-state index is 0.104. The van der Waals surface area contributed by atoms with Gasteiger partial charge in [-0.25, -0.2) is 0 Å². The third kappa shape index (κ3) is 3.80. The molecular weight excluding hydrogens is 396 g/mol. The monoisotopic (exact) mass is 424 g/mol. The third-order valence-corrected chi connectivity index (χ3v) is 6.28. The Balaban J connectivity index is 1.52. The summed E-state index contributed by atoms with van der Waals surface area (Å²) in [5, 5.41) is 4.50. The van der Waals surface area contributed by atoms with E-state index in [0.717, 1.165) is 59.9 Å². The number of amides is 1. The molecule has 0 aliphatic carbocycles. The quantitative estimate of drug-likeness (QED) is 0.493. The van der Waals surface area contributed by atoms with E-state index in [2.05, 4.69) is 58.6 Å². The van der Waals surface area contributed by atoms with E-state index in [1.54, 1.807) is 0 Å². The van der Waals surface area contributed by atoms with Gasteiger partial charge in [-0.05, 0) is 73.4 Å². The molecule has 1 aliphatic rings. The molecule has 5 nitrogen and oxygen atoms in total. The Hall–Kier alpha value is -3.44. The van der Waals surface area contributed by atoms with Gasteiger partial charge in [0.1, 0.15) is 0 Å². The van der Waals surface area contributed by atoms with Crippen molar-refractivity contribution >= 4 is 16.8 Å². The van der Waals surface area contributed by atoms with Gasteiger partial charge >= 0.3 is 0 Å². The maximum atomic E-state index is 13.0. The Labute approximate surface area is 188 Å². The third-order valence-electron chi connectivity index (χ3n) is 6.28. The normalized spacial score (nSPS) is 14.2. The molecule has 2 aromatic heterocycles. The molecule has 1 saturated heterocycles. The molecule has 0 radical (unpaired) electrons. The zero-order valence-electron chi connectivity index (χ0n) is 18.8. The number of hydrogen-bond donors (Lipinski definition) is 2. The number of aryl methyl sites for hydroxylation is 3. The summed E-state index contributed by atoms with van der Waals surface area (Å²) in [4.78, 5) is 23.0. The zero-order chi connectivity index (χ0) is 22.2. The van der Waals surface area contributed by atoms with Crippen molar-refractivity contribution in [2.75, 3.05) is 26.2 Å². The fourth-order valence-electron chi connectivity index (χ4n) is 4.67. The summed E-state index contributed by atoms with van der Waals surface area (Å²) in [6.07, 6.45) is 0. The molecule has 0 atom stereocenters. The summed E-state index contributed by atoms with van der Waals surface area (Å²) in [6, 6.07) is 18.8. The fourth-order valence-corrected chi connectivity index (χ4v) is 4.67. The molecule has 2 N–H and O–H groups in total. The lowest BCUT2D eigenvalue weighted by atomic mass is 10.0. The van der Waals surface area contributed by atoms with Crippen LogP contribution >= 0.6 is 0 Å². The summed E-state index contributed by atoms with van der Waals surface area (Å²) in [5.41, 5.74) is 9.53. The molecule has 162 valence electrons. The molecule has 5 rings (SSSR count). The van der Waals surface area contributed by atoms with Crippen molar-refractivity contribution in [3.8, 4) is 22.4 Å². The van der Waals surface area contributed by atoms with E-state index >= 15 is 0 Å². The second kappa shape index (κ2) is 8.24. The summed E-state index contributed by atoms with van der Waals surface area (Å²) >= 11 is 0. The van der Waals surface area contributed by atoms with Crippen molar-refractivity contribution in [3.63, 3.8) is 0 Å². The van der Waals surface area contributed by atoms with Gasteiger partial charge in [-0.1, -0.05) is 24.3 Å². The lowest BCUT2D eigenvalue weighted by molar-refractivity contribution is 0.0736. The SMILES string of the molecule is Cc1cc(-c2ccc3c(C)c(-c4cccc(C(=O)N5CCNCC5)c4)[nH]c3c2)cc(C)n1. The van der Waals surface area contributed by atoms with Gasteiger partial charge < -0.3 is 15.2 Å². The van der Waals surface area contributed by atoms with Gasteiger partial charge in [-0.15, -0.1) is 0 Å². The van der Waals surface area contributed by atoms with Crippen LogP contribution in [-0.2, 0) is 0 Å². The van der Waals surface area contributed by atoms with E-state index in [0.29, 0.717) is 0 Å². The zero-order valence-corrected chi connectivity index (χ0v) is 18.8. The molecule has 0 unspecified atom stereocenters. The van der Waals surface area contributed by atoms with Crippen LogP contribution in [0.3, 0.4) is 0 Å². The van der Waals surface area contributed by atoms with Crippen molar-refractivity contribution in [1.82, 2.24) is 20.2 Å². The number of nitrogens with zero attached hydrogens (tertiary/aromatic N) is 2. The van der Waals surface area contributed by atoms with Crippen LogP contribution < -0.4 is 5.32 Å². The maximum absolute atomic E-state index is 13.0. The predicted molar refractivity (Wildman–Crippen MR) is 130 cm³/mol. The molecule has 3 heterocycles. The Morgan fingerprint density at radius 3 is 2.38 bits per heavy atom. The number of carbonyl (C=O) groups excluding carboxylic acids is 1. The number of carbonyl (C=O) groups is 1. The first kappa shape index (κ1) is 20.5. The molecule has 0 saturated carbocycles. The molecule has 0 bridgehead atoms. The van der Waals surface area contributed by atoms with E-state index in [-0.39, 0.29) is 5.91 Å². The second-order valence-corrected chi connectivity index (χ2v) is 8.65. The van der Waals surface area contributed by atoms with E-state index in [9.17, 15) is 4.79 Å². The Bertz CT molecular complexity index is 1290. The van der Waals surface area contributed by atoms with Gasteiger partial charge in [-0.2, -0.15) is 0 Å². The van der Waals surface area contributed by atoms with E-state index in [1.165, 1.54) is 22.1 Å².